The van der Waals surface area contributed by atoms with Gasteiger partial charge in [-0.15, -0.1) is 11.3 Å². The Morgan fingerprint density at radius 1 is 1.38 bits per heavy atom. The number of carbonyl (C=O) groups excluding carboxylic acids is 1. The zero-order chi connectivity index (χ0) is 14.7. The first-order valence-corrected chi connectivity index (χ1v) is 8.25. The lowest BCUT2D eigenvalue weighted by atomic mass is 9.95. The predicted octanol–water partition coefficient (Wildman–Crippen LogP) is 4.47. The Kier molecular flexibility index (Phi) is 4.46. The molecule has 0 N–H and O–H groups in total. The summed E-state index contributed by atoms with van der Waals surface area (Å²) in [7, 11) is 0. The first kappa shape index (κ1) is 14.4. The van der Waals surface area contributed by atoms with Gasteiger partial charge in [0.1, 0.15) is 11.5 Å². The number of nitrogens with zero attached hydrogens (tertiary/aromatic N) is 2. The van der Waals surface area contributed by atoms with Crippen molar-refractivity contribution in [3.8, 4) is 0 Å². The molecule has 1 aliphatic rings. The number of hydrogen-bond donors (Lipinski definition) is 0. The van der Waals surface area contributed by atoms with Gasteiger partial charge < -0.3 is 0 Å². The Morgan fingerprint density at radius 3 is 3.05 bits per heavy atom. The minimum absolute atomic E-state index is 0.102. The van der Waals surface area contributed by atoms with Crippen LogP contribution in [0.2, 0.25) is 5.15 Å². The summed E-state index contributed by atoms with van der Waals surface area (Å²) in [6.07, 6.45) is 11.0. The second kappa shape index (κ2) is 6.50. The van der Waals surface area contributed by atoms with Gasteiger partial charge in [0.15, 0.2) is 0 Å². The summed E-state index contributed by atoms with van der Waals surface area (Å²) in [6, 6.07) is 1.96. The lowest BCUT2D eigenvalue weighted by Gasteiger charge is -2.11. The molecule has 0 spiro atoms. The van der Waals surface area contributed by atoms with E-state index in [2.05, 4.69) is 21.4 Å². The van der Waals surface area contributed by atoms with Crippen LogP contribution < -0.4 is 0 Å². The van der Waals surface area contributed by atoms with Crippen LogP contribution in [0.4, 0.5) is 0 Å². The summed E-state index contributed by atoms with van der Waals surface area (Å²) in [5.74, 6) is -0.102. The van der Waals surface area contributed by atoms with Crippen molar-refractivity contribution in [2.75, 3.05) is 0 Å². The van der Waals surface area contributed by atoms with Gasteiger partial charge in [-0.2, -0.15) is 0 Å². The Hall–Kier alpha value is -1.52. The highest BCUT2D eigenvalue weighted by Crippen LogP contribution is 2.26. The molecule has 108 valence electrons. The van der Waals surface area contributed by atoms with E-state index < -0.39 is 0 Å². The third-order valence-corrected chi connectivity index (χ3v) is 4.88. The van der Waals surface area contributed by atoms with E-state index in [1.165, 1.54) is 60.7 Å². The molecular weight excluding hydrogens is 304 g/mol. The largest absolute Gasteiger partial charge is 0.288 e. The molecule has 0 saturated heterocycles. The van der Waals surface area contributed by atoms with E-state index in [1.54, 1.807) is 0 Å². The molecule has 0 aliphatic heterocycles. The van der Waals surface area contributed by atoms with Crippen molar-refractivity contribution in [2.24, 2.45) is 0 Å². The molecule has 3 rings (SSSR count). The van der Waals surface area contributed by atoms with Crippen molar-refractivity contribution in [3.05, 3.63) is 56.8 Å². The number of hydrogen-bond acceptors (Lipinski definition) is 4. The van der Waals surface area contributed by atoms with Gasteiger partial charge in [0.05, 0.1) is 10.4 Å². The van der Waals surface area contributed by atoms with Crippen molar-refractivity contribution in [1.82, 2.24) is 9.97 Å². The second-order valence-corrected chi connectivity index (χ2v) is 6.43. The van der Waals surface area contributed by atoms with Crippen molar-refractivity contribution in [1.29, 1.82) is 0 Å². The fourth-order valence-electron chi connectivity index (χ4n) is 2.51. The van der Waals surface area contributed by atoms with E-state index in [4.69, 9.17) is 11.6 Å². The van der Waals surface area contributed by atoms with Crippen LogP contribution in [0.15, 0.2) is 35.6 Å². The molecule has 2 aromatic rings. The zero-order valence-electron chi connectivity index (χ0n) is 11.5. The molecule has 2 aromatic heterocycles. The Morgan fingerprint density at radius 2 is 2.29 bits per heavy atom. The molecule has 3 nitrogen and oxygen atoms in total. The third-order valence-electron chi connectivity index (χ3n) is 3.60. The number of ketones is 1. The van der Waals surface area contributed by atoms with Gasteiger partial charge in [-0.3, -0.25) is 4.79 Å². The molecular formula is C16H15ClN2OS. The fourth-order valence-corrected chi connectivity index (χ4v) is 3.56. The second-order valence-electron chi connectivity index (χ2n) is 5.16. The van der Waals surface area contributed by atoms with E-state index in [1.807, 2.05) is 6.07 Å². The van der Waals surface area contributed by atoms with Gasteiger partial charge in [-0.1, -0.05) is 23.3 Å². The highest BCUT2D eigenvalue weighted by atomic mass is 35.5. The molecule has 0 saturated carbocycles. The summed E-state index contributed by atoms with van der Waals surface area (Å²) >= 11 is 7.41. The van der Waals surface area contributed by atoms with Crippen LogP contribution in [0.25, 0.3) is 0 Å². The topological polar surface area (TPSA) is 42.9 Å². The summed E-state index contributed by atoms with van der Waals surface area (Å²) in [6.45, 7) is 0. The van der Waals surface area contributed by atoms with Crippen LogP contribution >= 0.6 is 22.9 Å². The first-order valence-electron chi connectivity index (χ1n) is 6.99. The van der Waals surface area contributed by atoms with E-state index in [0.717, 1.165) is 6.42 Å². The number of thiophene rings is 1. The lowest BCUT2D eigenvalue weighted by molar-refractivity contribution is 0.104. The molecule has 21 heavy (non-hydrogen) atoms. The molecule has 0 fully saturated rings. The first-order chi connectivity index (χ1) is 10.2. The number of aromatic nitrogens is 2. The molecule has 0 bridgehead atoms. The van der Waals surface area contributed by atoms with Crippen molar-refractivity contribution >= 4 is 28.7 Å². The van der Waals surface area contributed by atoms with Gasteiger partial charge in [-0.25, -0.2) is 9.97 Å². The van der Waals surface area contributed by atoms with E-state index in [0.29, 0.717) is 10.4 Å². The SMILES string of the molecule is O=C(c1cc(CC2=CCCCC2)cs1)c1cncnc1Cl. The summed E-state index contributed by atoms with van der Waals surface area (Å²) in [4.78, 5) is 20.8. The molecule has 0 atom stereocenters. The number of allylic oxidation sites excluding steroid dienone is 2. The van der Waals surface area contributed by atoms with Gasteiger partial charge >= 0.3 is 0 Å². The maximum atomic E-state index is 12.4. The van der Waals surface area contributed by atoms with Gasteiger partial charge in [-0.05, 0) is 49.1 Å². The fraction of sp³-hybridized carbons (Fsp3) is 0.312. The smallest absolute Gasteiger partial charge is 0.207 e. The molecule has 5 heteroatoms. The maximum absolute atomic E-state index is 12.4. The van der Waals surface area contributed by atoms with Crippen LogP contribution in [0.5, 0.6) is 0 Å². The van der Waals surface area contributed by atoms with E-state index >= 15 is 0 Å². The van der Waals surface area contributed by atoms with Crippen LogP contribution in [-0.2, 0) is 6.42 Å². The summed E-state index contributed by atoms with van der Waals surface area (Å²) in [5.41, 5.74) is 3.05. The molecule has 1 aliphatic carbocycles. The van der Waals surface area contributed by atoms with Crippen LogP contribution in [0.3, 0.4) is 0 Å². The van der Waals surface area contributed by atoms with Crippen LogP contribution in [0, 0.1) is 0 Å². The molecule has 0 aromatic carbocycles. The minimum atomic E-state index is -0.102. The highest BCUT2D eigenvalue weighted by molar-refractivity contribution is 7.12. The Balaban J connectivity index is 1.77. The molecule has 0 amide bonds. The van der Waals surface area contributed by atoms with Crippen molar-refractivity contribution in [2.45, 2.75) is 32.1 Å². The average molecular weight is 319 g/mol. The van der Waals surface area contributed by atoms with Crippen molar-refractivity contribution in [3.63, 3.8) is 0 Å². The normalized spacial score (nSPS) is 14.8. The average Bonchev–Trinajstić information content (AvgIpc) is 2.97. The third kappa shape index (κ3) is 3.39. The summed E-state index contributed by atoms with van der Waals surface area (Å²) < 4.78 is 0. The van der Waals surface area contributed by atoms with Gasteiger partial charge in [0.2, 0.25) is 5.78 Å². The van der Waals surface area contributed by atoms with E-state index in [-0.39, 0.29) is 10.9 Å². The molecule has 2 heterocycles. The predicted molar refractivity (Wildman–Crippen MR) is 85.0 cm³/mol. The minimum Gasteiger partial charge on any atom is -0.288 e. The quantitative estimate of drug-likeness (QED) is 0.474. The lowest BCUT2D eigenvalue weighted by Crippen LogP contribution is -2.02. The van der Waals surface area contributed by atoms with Gasteiger partial charge in [0.25, 0.3) is 0 Å². The number of rotatable bonds is 4. The van der Waals surface area contributed by atoms with Gasteiger partial charge in [0, 0.05) is 6.20 Å². The van der Waals surface area contributed by atoms with E-state index in [9.17, 15) is 4.79 Å². The van der Waals surface area contributed by atoms with Crippen molar-refractivity contribution < 1.29 is 4.79 Å². The van der Waals surface area contributed by atoms with Crippen LogP contribution in [0.1, 0.15) is 46.5 Å². The number of carbonyl (C=O) groups is 1. The molecule has 0 radical (unpaired) electrons. The maximum Gasteiger partial charge on any atom is 0.207 e. The number of halogens is 1. The summed E-state index contributed by atoms with van der Waals surface area (Å²) in [5, 5.41) is 2.26. The Labute approximate surface area is 132 Å². The zero-order valence-corrected chi connectivity index (χ0v) is 13.1. The monoisotopic (exact) mass is 318 g/mol. The Bertz CT molecular complexity index is 693. The van der Waals surface area contributed by atoms with Crippen LogP contribution in [-0.4, -0.2) is 15.8 Å². The highest BCUT2D eigenvalue weighted by Gasteiger charge is 2.16. The molecule has 0 unspecified atom stereocenters. The standard InChI is InChI=1S/C16H15ClN2OS/c17-16-13(8-18-10-19-16)15(20)14-7-12(9-21-14)6-11-4-2-1-3-5-11/h4,7-10H,1-3,5-6H2.